The molecule has 3 heteroatoms. The van der Waals surface area contributed by atoms with Crippen molar-refractivity contribution < 1.29 is 4.79 Å². The summed E-state index contributed by atoms with van der Waals surface area (Å²) in [7, 11) is 2.07. The molecule has 0 aliphatic heterocycles. The van der Waals surface area contributed by atoms with Crippen molar-refractivity contribution in [1.29, 1.82) is 0 Å². The average molecular weight is 256 g/mol. The largest absolute Gasteiger partial charge is 0.352 e. The fraction of sp³-hybridized carbons (Fsp3) is 0.312. The molecule has 1 aromatic heterocycles. The van der Waals surface area contributed by atoms with Crippen molar-refractivity contribution in [1.82, 2.24) is 9.88 Å². The molecule has 2 aromatic rings. The summed E-state index contributed by atoms with van der Waals surface area (Å²) in [5, 5.41) is 2.96. The molecule has 1 amide bonds. The number of nitrogens with zero attached hydrogens (tertiary/aromatic N) is 1. The molecule has 100 valence electrons. The van der Waals surface area contributed by atoms with Crippen molar-refractivity contribution in [3.8, 4) is 0 Å². The molecular weight excluding hydrogens is 236 g/mol. The first kappa shape index (κ1) is 13.4. The summed E-state index contributed by atoms with van der Waals surface area (Å²) >= 11 is 0. The number of aryl methyl sites for hydroxylation is 1. The van der Waals surface area contributed by atoms with E-state index in [1.807, 2.05) is 30.3 Å². The van der Waals surface area contributed by atoms with Crippen LogP contribution in [0.25, 0.3) is 0 Å². The number of aromatic nitrogens is 1. The van der Waals surface area contributed by atoms with E-state index in [0.29, 0.717) is 12.1 Å². The molecule has 0 radical (unpaired) electrons. The van der Waals surface area contributed by atoms with E-state index in [0.717, 1.165) is 6.42 Å². The number of hydrogen-bond acceptors (Lipinski definition) is 1. The van der Waals surface area contributed by atoms with E-state index in [-0.39, 0.29) is 5.91 Å². The summed E-state index contributed by atoms with van der Waals surface area (Å²) in [4.78, 5) is 11.9. The first-order valence-electron chi connectivity index (χ1n) is 6.54. The Morgan fingerprint density at radius 3 is 2.47 bits per heavy atom. The Bertz CT molecular complexity index is 570. The molecule has 0 bridgehead atoms. The molecule has 0 atom stereocenters. The molecule has 0 spiro atoms. The van der Waals surface area contributed by atoms with Crippen LogP contribution < -0.4 is 5.32 Å². The normalized spacial score (nSPS) is 10.5. The second kappa shape index (κ2) is 5.74. The number of nitrogens with one attached hydrogen (secondary N) is 1. The van der Waals surface area contributed by atoms with Crippen LogP contribution in [0.5, 0.6) is 0 Å². The van der Waals surface area contributed by atoms with Gasteiger partial charge in [-0.3, -0.25) is 4.79 Å². The van der Waals surface area contributed by atoms with Crippen molar-refractivity contribution >= 4 is 5.91 Å². The van der Waals surface area contributed by atoms with Crippen molar-refractivity contribution in [2.24, 2.45) is 7.05 Å². The molecule has 1 N–H and O–H groups in total. The van der Waals surface area contributed by atoms with Gasteiger partial charge >= 0.3 is 0 Å². The third-order valence-corrected chi connectivity index (χ3v) is 3.60. The van der Waals surface area contributed by atoms with Crippen LogP contribution in [-0.4, -0.2) is 17.0 Å². The van der Waals surface area contributed by atoms with Gasteiger partial charge < -0.3 is 9.88 Å². The van der Waals surface area contributed by atoms with Gasteiger partial charge in [-0.25, -0.2) is 0 Å². The maximum atomic E-state index is 11.9. The fourth-order valence-electron chi connectivity index (χ4n) is 2.19. The minimum Gasteiger partial charge on any atom is -0.352 e. The molecule has 0 unspecified atom stereocenters. The first-order chi connectivity index (χ1) is 9.09. The van der Waals surface area contributed by atoms with Crippen LogP contribution in [0.4, 0.5) is 0 Å². The molecule has 1 aromatic carbocycles. The van der Waals surface area contributed by atoms with Gasteiger partial charge in [-0.2, -0.15) is 0 Å². The average Bonchev–Trinajstić information content (AvgIpc) is 2.67. The highest BCUT2D eigenvalue weighted by Gasteiger charge is 2.07. The van der Waals surface area contributed by atoms with E-state index in [1.54, 1.807) is 0 Å². The van der Waals surface area contributed by atoms with Crippen LogP contribution in [0.15, 0.2) is 36.4 Å². The summed E-state index contributed by atoms with van der Waals surface area (Å²) in [6, 6.07) is 11.5. The summed E-state index contributed by atoms with van der Waals surface area (Å²) in [6.07, 6.45) is 0.867. The highest BCUT2D eigenvalue weighted by Crippen LogP contribution is 2.13. The summed E-state index contributed by atoms with van der Waals surface area (Å²) in [5.41, 5.74) is 4.53. The zero-order chi connectivity index (χ0) is 13.8. The number of amides is 1. The van der Waals surface area contributed by atoms with Gasteiger partial charge in [0.15, 0.2) is 0 Å². The maximum absolute atomic E-state index is 11.9. The number of benzene rings is 1. The maximum Gasteiger partial charge on any atom is 0.251 e. The Kier molecular flexibility index (Phi) is 4.05. The van der Waals surface area contributed by atoms with Crippen molar-refractivity contribution in [3.05, 3.63) is 58.9 Å². The zero-order valence-corrected chi connectivity index (χ0v) is 11.7. The van der Waals surface area contributed by atoms with Crippen LogP contribution in [0.2, 0.25) is 0 Å². The van der Waals surface area contributed by atoms with E-state index in [4.69, 9.17) is 0 Å². The van der Waals surface area contributed by atoms with Crippen molar-refractivity contribution in [3.63, 3.8) is 0 Å². The quantitative estimate of drug-likeness (QED) is 0.896. The smallest absolute Gasteiger partial charge is 0.251 e. The van der Waals surface area contributed by atoms with Crippen LogP contribution in [0.1, 0.15) is 27.3 Å². The van der Waals surface area contributed by atoms with Gasteiger partial charge in [-0.1, -0.05) is 18.2 Å². The molecule has 1 heterocycles. The van der Waals surface area contributed by atoms with Crippen LogP contribution in [0.3, 0.4) is 0 Å². The third kappa shape index (κ3) is 3.05. The molecule has 2 rings (SSSR count). The van der Waals surface area contributed by atoms with E-state index >= 15 is 0 Å². The molecule has 0 saturated carbocycles. The van der Waals surface area contributed by atoms with Gasteiger partial charge in [0.25, 0.3) is 5.91 Å². The van der Waals surface area contributed by atoms with Gasteiger partial charge in [0.1, 0.15) is 0 Å². The predicted octanol–water partition coefficient (Wildman–Crippen LogP) is 2.61. The lowest BCUT2D eigenvalue weighted by Crippen LogP contribution is -2.25. The number of rotatable bonds is 4. The van der Waals surface area contributed by atoms with E-state index < -0.39 is 0 Å². The molecule has 0 aliphatic carbocycles. The Labute approximate surface area is 114 Å². The van der Waals surface area contributed by atoms with E-state index in [2.05, 4.69) is 36.8 Å². The van der Waals surface area contributed by atoms with E-state index in [1.165, 1.54) is 17.0 Å². The lowest BCUT2D eigenvalue weighted by molar-refractivity contribution is 0.0954. The Morgan fingerprint density at radius 1 is 1.21 bits per heavy atom. The molecule has 0 aliphatic rings. The standard InChI is InChI=1S/C16H20N2O/c1-12-11-15(13(2)18(12)3)9-10-17-16(19)14-7-5-4-6-8-14/h4-8,11H,9-10H2,1-3H3,(H,17,19). The topological polar surface area (TPSA) is 34.0 Å². The van der Waals surface area contributed by atoms with Gasteiger partial charge in [-0.05, 0) is 44.0 Å². The SMILES string of the molecule is Cc1cc(CCNC(=O)c2ccccc2)c(C)n1C. The van der Waals surface area contributed by atoms with Crippen LogP contribution in [-0.2, 0) is 13.5 Å². The molecule has 3 nitrogen and oxygen atoms in total. The first-order valence-corrected chi connectivity index (χ1v) is 6.54. The van der Waals surface area contributed by atoms with Crippen LogP contribution in [0, 0.1) is 13.8 Å². The van der Waals surface area contributed by atoms with Gasteiger partial charge in [0.05, 0.1) is 0 Å². The van der Waals surface area contributed by atoms with Crippen LogP contribution >= 0.6 is 0 Å². The molecule has 0 saturated heterocycles. The number of hydrogen-bond donors (Lipinski definition) is 1. The van der Waals surface area contributed by atoms with Gasteiger partial charge in [0, 0.05) is 30.5 Å². The molecular formula is C16H20N2O. The monoisotopic (exact) mass is 256 g/mol. The van der Waals surface area contributed by atoms with Crippen molar-refractivity contribution in [2.45, 2.75) is 20.3 Å². The Morgan fingerprint density at radius 2 is 1.89 bits per heavy atom. The minimum absolute atomic E-state index is 0.00842. The highest BCUT2D eigenvalue weighted by molar-refractivity contribution is 5.94. The lowest BCUT2D eigenvalue weighted by atomic mass is 10.1. The zero-order valence-electron chi connectivity index (χ0n) is 11.7. The fourth-order valence-corrected chi connectivity index (χ4v) is 2.19. The predicted molar refractivity (Wildman–Crippen MR) is 77.4 cm³/mol. The lowest BCUT2D eigenvalue weighted by Gasteiger charge is -2.05. The third-order valence-electron chi connectivity index (χ3n) is 3.60. The summed E-state index contributed by atoms with van der Waals surface area (Å²) in [6.45, 7) is 4.87. The number of carbonyl (C=O) groups excluding carboxylic acids is 1. The minimum atomic E-state index is -0.00842. The Balaban J connectivity index is 1.90. The second-order valence-corrected chi connectivity index (χ2v) is 4.83. The summed E-state index contributed by atoms with van der Waals surface area (Å²) < 4.78 is 2.17. The van der Waals surface area contributed by atoms with E-state index in [9.17, 15) is 4.79 Å². The van der Waals surface area contributed by atoms with Gasteiger partial charge in [-0.15, -0.1) is 0 Å². The second-order valence-electron chi connectivity index (χ2n) is 4.83. The molecule has 19 heavy (non-hydrogen) atoms. The van der Waals surface area contributed by atoms with Crippen molar-refractivity contribution in [2.75, 3.05) is 6.54 Å². The van der Waals surface area contributed by atoms with Gasteiger partial charge in [0.2, 0.25) is 0 Å². The summed E-state index contributed by atoms with van der Waals surface area (Å²) in [5.74, 6) is -0.00842. The Hall–Kier alpha value is -2.03. The molecule has 0 fully saturated rings. The highest BCUT2D eigenvalue weighted by atomic mass is 16.1. The number of carbonyl (C=O) groups is 1.